The number of hydrogen-bond donors (Lipinski definition) is 2. The third kappa shape index (κ3) is 6.87. The molecule has 9 nitrogen and oxygen atoms in total. The Kier molecular flexibility index (Phi) is 9.29. The maximum atomic E-state index is 12.9. The molecule has 2 amide bonds. The van der Waals surface area contributed by atoms with Gasteiger partial charge in [-0.05, 0) is 49.6 Å². The van der Waals surface area contributed by atoms with Gasteiger partial charge in [-0.2, -0.15) is 0 Å². The number of benzene rings is 2. The van der Waals surface area contributed by atoms with Gasteiger partial charge >= 0.3 is 5.97 Å². The average molecular weight is 473 g/mol. The van der Waals surface area contributed by atoms with E-state index >= 15 is 0 Å². The Balaban J connectivity index is 2.10. The van der Waals surface area contributed by atoms with E-state index in [-0.39, 0.29) is 11.5 Å². The van der Waals surface area contributed by atoms with Crippen molar-refractivity contribution in [2.45, 2.75) is 39.8 Å². The summed E-state index contributed by atoms with van der Waals surface area (Å²) in [5.74, 6) is -0.695. The van der Waals surface area contributed by atoms with E-state index < -0.39 is 29.9 Å². The molecule has 0 fully saturated rings. The number of aryl methyl sites for hydroxylation is 1. The number of ether oxygens (including phenoxy) is 4. The van der Waals surface area contributed by atoms with Crippen LogP contribution in [0.4, 0.5) is 5.69 Å². The van der Waals surface area contributed by atoms with Crippen LogP contribution in [0.5, 0.6) is 17.2 Å². The summed E-state index contributed by atoms with van der Waals surface area (Å²) in [4.78, 5) is 38.3. The first kappa shape index (κ1) is 26.5. The number of methoxy groups -OCH3 is 3. The lowest BCUT2D eigenvalue weighted by molar-refractivity contribution is -0.156. The molecule has 2 aromatic rings. The molecule has 2 rings (SSSR count). The molecule has 2 aromatic carbocycles. The number of carbonyl (C=O) groups excluding carboxylic acids is 3. The molecule has 184 valence electrons. The van der Waals surface area contributed by atoms with Crippen LogP contribution in [0.15, 0.2) is 36.4 Å². The Morgan fingerprint density at radius 1 is 0.853 bits per heavy atom. The van der Waals surface area contributed by atoms with Crippen molar-refractivity contribution < 1.29 is 33.3 Å². The van der Waals surface area contributed by atoms with Crippen molar-refractivity contribution in [3.8, 4) is 17.2 Å². The topological polar surface area (TPSA) is 112 Å². The molecule has 0 bridgehead atoms. The van der Waals surface area contributed by atoms with Crippen molar-refractivity contribution in [2.75, 3.05) is 26.6 Å². The molecule has 34 heavy (non-hydrogen) atoms. The van der Waals surface area contributed by atoms with Crippen molar-refractivity contribution in [2.24, 2.45) is 5.92 Å². The van der Waals surface area contributed by atoms with Crippen molar-refractivity contribution in [1.82, 2.24) is 5.32 Å². The van der Waals surface area contributed by atoms with Gasteiger partial charge < -0.3 is 29.6 Å². The van der Waals surface area contributed by atoms with E-state index in [4.69, 9.17) is 18.9 Å². The maximum absolute atomic E-state index is 12.9. The standard InChI is InChI=1S/C25H32N2O7/c1-14(2)22(27-24(29)17-11-18(31-5)13-19(12-17)32-6)25(30)34-16(4)23(28)26-20-10-15(3)8-9-21(20)33-7/h8-14,16,22H,1-7H3,(H,26,28)(H,27,29). The lowest BCUT2D eigenvalue weighted by Gasteiger charge is -2.23. The Hall–Kier alpha value is -3.75. The van der Waals surface area contributed by atoms with Gasteiger partial charge in [0.1, 0.15) is 23.3 Å². The summed E-state index contributed by atoms with van der Waals surface area (Å²) in [6.45, 7) is 6.87. The predicted octanol–water partition coefficient (Wildman–Crippen LogP) is 3.35. The van der Waals surface area contributed by atoms with E-state index in [9.17, 15) is 14.4 Å². The Morgan fingerprint density at radius 2 is 1.47 bits per heavy atom. The highest BCUT2D eigenvalue weighted by Crippen LogP contribution is 2.26. The third-order valence-electron chi connectivity index (χ3n) is 5.10. The van der Waals surface area contributed by atoms with Gasteiger partial charge in [0.15, 0.2) is 6.10 Å². The maximum Gasteiger partial charge on any atom is 0.329 e. The number of nitrogens with one attached hydrogen (secondary N) is 2. The number of amides is 2. The van der Waals surface area contributed by atoms with Crippen LogP contribution in [0.3, 0.4) is 0 Å². The first-order valence-corrected chi connectivity index (χ1v) is 10.8. The molecule has 0 aliphatic carbocycles. The van der Waals surface area contributed by atoms with E-state index in [0.29, 0.717) is 22.9 Å². The molecule has 0 heterocycles. The van der Waals surface area contributed by atoms with Crippen LogP contribution in [-0.2, 0) is 14.3 Å². The SMILES string of the molecule is COc1cc(OC)cc(C(=O)NC(C(=O)OC(C)C(=O)Nc2cc(C)ccc2OC)C(C)C)c1. The summed E-state index contributed by atoms with van der Waals surface area (Å²) in [5, 5.41) is 5.39. The van der Waals surface area contributed by atoms with Crippen LogP contribution >= 0.6 is 0 Å². The van der Waals surface area contributed by atoms with Gasteiger partial charge in [0.05, 0.1) is 27.0 Å². The molecule has 0 aromatic heterocycles. The number of esters is 1. The fourth-order valence-electron chi connectivity index (χ4n) is 3.12. The lowest BCUT2D eigenvalue weighted by Crippen LogP contribution is -2.47. The minimum absolute atomic E-state index is 0.256. The molecule has 2 unspecified atom stereocenters. The Morgan fingerprint density at radius 3 is 2.00 bits per heavy atom. The lowest BCUT2D eigenvalue weighted by atomic mass is 10.0. The predicted molar refractivity (Wildman–Crippen MR) is 128 cm³/mol. The van der Waals surface area contributed by atoms with Crippen LogP contribution in [0, 0.1) is 12.8 Å². The highest BCUT2D eigenvalue weighted by atomic mass is 16.5. The van der Waals surface area contributed by atoms with Crippen molar-refractivity contribution >= 4 is 23.5 Å². The Bertz CT molecular complexity index is 1010. The van der Waals surface area contributed by atoms with E-state index in [2.05, 4.69) is 10.6 Å². The largest absolute Gasteiger partial charge is 0.497 e. The first-order chi connectivity index (χ1) is 16.1. The van der Waals surface area contributed by atoms with Gasteiger partial charge in [-0.3, -0.25) is 9.59 Å². The molecule has 9 heteroatoms. The number of hydrogen-bond acceptors (Lipinski definition) is 7. The van der Waals surface area contributed by atoms with Crippen LogP contribution < -0.4 is 24.8 Å². The van der Waals surface area contributed by atoms with E-state index in [1.807, 2.05) is 13.0 Å². The van der Waals surface area contributed by atoms with Crippen LogP contribution in [0.2, 0.25) is 0 Å². The summed E-state index contributed by atoms with van der Waals surface area (Å²) >= 11 is 0. The normalized spacial score (nSPS) is 12.4. The van der Waals surface area contributed by atoms with Gasteiger partial charge in [-0.1, -0.05) is 19.9 Å². The van der Waals surface area contributed by atoms with Crippen LogP contribution in [0.1, 0.15) is 36.7 Å². The van der Waals surface area contributed by atoms with Crippen LogP contribution in [-0.4, -0.2) is 51.3 Å². The van der Waals surface area contributed by atoms with Gasteiger partial charge in [-0.15, -0.1) is 0 Å². The summed E-state index contributed by atoms with van der Waals surface area (Å²) in [7, 11) is 4.45. The Labute approximate surface area is 199 Å². The molecule has 0 spiro atoms. The van der Waals surface area contributed by atoms with E-state index in [1.54, 1.807) is 32.0 Å². The number of carbonyl (C=O) groups is 3. The summed E-state index contributed by atoms with van der Waals surface area (Å²) < 4.78 is 21.0. The van der Waals surface area contributed by atoms with Gasteiger partial charge in [0.25, 0.3) is 11.8 Å². The third-order valence-corrected chi connectivity index (χ3v) is 5.10. The zero-order valence-electron chi connectivity index (χ0n) is 20.6. The summed E-state index contributed by atoms with van der Waals surface area (Å²) in [6, 6.07) is 9.07. The van der Waals surface area contributed by atoms with E-state index in [1.165, 1.54) is 40.4 Å². The zero-order chi connectivity index (χ0) is 25.4. The van der Waals surface area contributed by atoms with Gasteiger partial charge in [-0.25, -0.2) is 4.79 Å². The van der Waals surface area contributed by atoms with Crippen LogP contribution in [0.25, 0.3) is 0 Å². The molecular formula is C25H32N2O7. The van der Waals surface area contributed by atoms with E-state index in [0.717, 1.165) is 5.56 Å². The fraction of sp³-hybridized carbons (Fsp3) is 0.400. The second-order valence-electron chi connectivity index (χ2n) is 8.07. The molecule has 0 saturated carbocycles. The summed E-state index contributed by atoms with van der Waals surface area (Å²) in [5.41, 5.74) is 1.65. The first-order valence-electron chi connectivity index (χ1n) is 10.8. The second-order valence-corrected chi connectivity index (χ2v) is 8.07. The molecule has 0 saturated heterocycles. The van der Waals surface area contributed by atoms with Gasteiger partial charge in [0.2, 0.25) is 0 Å². The molecule has 0 aliphatic rings. The zero-order valence-corrected chi connectivity index (χ0v) is 20.6. The molecule has 0 radical (unpaired) electrons. The van der Waals surface area contributed by atoms with Crippen molar-refractivity contribution in [1.29, 1.82) is 0 Å². The smallest absolute Gasteiger partial charge is 0.329 e. The highest BCUT2D eigenvalue weighted by molar-refractivity contribution is 5.99. The summed E-state index contributed by atoms with van der Waals surface area (Å²) in [6.07, 6.45) is -1.10. The quantitative estimate of drug-likeness (QED) is 0.510. The fourth-order valence-corrected chi connectivity index (χ4v) is 3.12. The monoisotopic (exact) mass is 472 g/mol. The minimum Gasteiger partial charge on any atom is -0.497 e. The molecule has 0 aliphatic heterocycles. The second kappa shape index (κ2) is 11.9. The molecule has 2 atom stereocenters. The minimum atomic E-state index is -1.10. The van der Waals surface area contributed by atoms with Gasteiger partial charge in [0, 0.05) is 11.6 Å². The van der Waals surface area contributed by atoms with Crippen molar-refractivity contribution in [3.63, 3.8) is 0 Å². The molecule has 2 N–H and O–H groups in total. The molecular weight excluding hydrogens is 440 g/mol. The number of anilines is 1. The highest BCUT2D eigenvalue weighted by Gasteiger charge is 2.30. The average Bonchev–Trinajstić information content (AvgIpc) is 2.81. The number of rotatable bonds is 10. The van der Waals surface area contributed by atoms with Crippen molar-refractivity contribution in [3.05, 3.63) is 47.5 Å².